The number of benzene rings is 1. The zero-order valence-corrected chi connectivity index (χ0v) is 11.5. The summed E-state index contributed by atoms with van der Waals surface area (Å²) in [5, 5.41) is 5.07. The van der Waals surface area contributed by atoms with Crippen molar-refractivity contribution in [3.05, 3.63) is 36.0 Å². The van der Waals surface area contributed by atoms with E-state index in [1.165, 1.54) is 13.3 Å². The summed E-state index contributed by atoms with van der Waals surface area (Å²) in [5.41, 5.74) is 0.852. The van der Waals surface area contributed by atoms with E-state index in [1.807, 2.05) is 24.3 Å². The lowest BCUT2D eigenvalue weighted by Crippen LogP contribution is -2.33. The molecule has 0 aromatic heterocycles. The third-order valence-corrected chi connectivity index (χ3v) is 2.46. The van der Waals surface area contributed by atoms with Gasteiger partial charge in [0.1, 0.15) is 5.75 Å². The van der Waals surface area contributed by atoms with Gasteiger partial charge >= 0.3 is 12.0 Å². The van der Waals surface area contributed by atoms with Crippen molar-refractivity contribution < 1.29 is 19.1 Å². The van der Waals surface area contributed by atoms with Gasteiger partial charge in [-0.05, 0) is 12.1 Å². The van der Waals surface area contributed by atoms with Crippen molar-refractivity contribution in [1.29, 1.82) is 0 Å². The molecule has 1 rings (SSSR count). The van der Waals surface area contributed by atoms with E-state index in [-0.39, 0.29) is 25.0 Å². The van der Waals surface area contributed by atoms with Crippen molar-refractivity contribution in [3.63, 3.8) is 0 Å². The Hall–Kier alpha value is -2.50. The summed E-state index contributed by atoms with van der Waals surface area (Å²) in [6.07, 6.45) is 3.37. The molecule has 2 N–H and O–H groups in total. The maximum atomic E-state index is 11.4. The first-order valence-electron chi connectivity index (χ1n) is 6.08. The summed E-state index contributed by atoms with van der Waals surface area (Å²) in [4.78, 5) is 22.2. The predicted octanol–water partition coefficient (Wildman–Crippen LogP) is 1.53. The van der Waals surface area contributed by atoms with E-state index >= 15 is 0 Å². The van der Waals surface area contributed by atoms with Gasteiger partial charge in [-0.1, -0.05) is 18.2 Å². The van der Waals surface area contributed by atoms with Crippen molar-refractivity contribution >= 4 is 18.1 Å². The van der Waals surface area contributed by atoms with Gasteiger partial charge in [-0.15, -0.1) is 0 Å². The molecule has 0 saturated heterocycles. The smallest absolute Gasteiger partial charge is 0.318 e. The van der Waals surface area contributed by atoms with Crippen LogP contribution in [-0.4, -0.2) is 32.8 Å². The molecule has 1 aromatic rings. The second-order valence-corrected chi connectivity index (χ2v) is 3.80. The number of hydrogen-bond donors (Lipinski definition) is 2. The van der Waals surface area contributed by atoms with Crippen LogP contribution in [-0.2, 0) is 9.53 Å². The maximum absolute atomic E-state index is 11.4. The maximum Gasteiger partial charge on any atom is 0.318 e. The molecule has 6 nitrogen and oxygen atoms in total. The molecule has 0 bridgehead atoms. The minimum absolute atomic E-state index is 0.139. The van der Waals surface area contributed by atoms with E-state index in [2.05, 4.69) is 15.4 Å². The summed E-state index contributed by atoms with van der Waals surface area (Å²) in [5.74, 6) is 0.353. The lowest BCUT2D eigenvalue weighted by atomic mass is 10.2. The molecule has 1 aromatic carbocycles. The molecule has 0 aliphatic rings. The van der Waals surface area contributed by atoms with Crippen molar-refractivity contribution in [2.24, 2.45) is 0 Å². The van der Waals surface area contributed by atoms with Crippen molar-refractivity contribution in [3.8, 4) is 5.75 Å². The van der Waals surface area contributed by atoms with Crippen LogP contribution >= 0.6 is 0 Å². The van der Waals surface area contributed by atoms with E-state index < -0.39 is 0 Å². The fraction of sp³-hybridized carbons (Fsp3) is 0.286. The molecule has 0 aliphatic heterocycles. The van der Waals surface area contributed by atoms with Crippen molar-refractivity contribution in [1.82, 2.24) is 10.6 Å². The van der Waals surface area contributed by atoms with E-state index in [9.17, 15) is 9.59 Å². The fourth-order valence-electron chi connectivity index (χ4n) is 1.44. The number of amides is 2. The number of rotatable bonds is 6. The molecule has 108 valence electrons. The fourth-order valence-corrected chi connectivity index (χ4v) is 1.44. The van der Waals surface area contributed by atoms with Crippen LogP contribution < -0.4 is 15.4 Å². The van der Waals surface area contributed by atoms with Gasteiger partial charge in [-0.2, -0.15) is 0 Å². The summed E-state index contributed by atoms with van der Waals surface area (Å²) >= 11 is 0. The number of urea groups is 1. The molecule has 2 amide bonds. The lowest BCUT2D eigenvalue weighted by Gasteiger charge is -2.05. The highest BCUT2D eigenvalue weighted by Crippen LogP contribution is 2.18. The highest BCUT2D eigenvalue weighted by atomic mass is 16.5. The molecule has 0 saturated carbocycles. The monoisotopic (exact) mass is 278 g/mol. The van der Waals surface area contributed by atoms with Crippen LogP contribution in [0.3, 0.4) is 0 Å². The molecule has 0 aliphatic carbocycles. The number of nitrogens with one attached hydrogen (secondary N) is 2. The molecule has 0 fully saturated rings. The molecule has 0 atom stereocenters. The second kappa shape index (κ2) is 8.58. The summed E-state index contributed by atoms with van der Waals surface area (Å²) in [6, 6.07) is 7.05. The minimum Gasteiger partial charge on any atom is -0.496 e. The largest absolute Gasteiger partial charge is 0.496 e. The van der Waals surface area contributed by atoms with Gasteiger partial charge in [-0.25, -0.2) is 4.79 Å². The van der Waals surface area contributed by atoms with Crippen LogP contribution in [0.1, 0.15) is 12.0 Å². The number of carbonyl (C=O) groups excluding carboxylic acids is 2. The predicted molar refractivity (Wildman–Crippen MR) is 75.2 cm³/mol. The summed E-state index contributed by atoms with van der Waals surface area (Å²) in [6.45, 7) is 0.223. The zero-order chi connectivity index (χ0) is 14.8. The highest BCUT2D eigenvalue weighted by Gasteiger charge is 2.02. The summed E-state index contributed by atoms with van der Waals surface area (Å²) < 4.78 is 9.63. The number of ether oxygens (including phenoxy) is 2. The molecular weight excluding hydrogens is 260 g/mol. The Kier molecular flexibility index (Phi) is 6.67. The Morgan fingerprint density at radius 3 is 2.70 bits per heavy atom. The van der Waals surface area contributed by atoms with Crippen LogP contribution in [0.5, 0.6) is 5.75 Å². The number of hydrogen-bond acceptors (Lipinski definition) is 4. The van der Waals surface area contributed by atoms with Gasteiger partial charge in [0.2, 0.25) is 0 Å². The van der Waals surface area contributed by atoms with Gasteiger partial charge in [0.25, 0.3) is 0 Å². The molecule has 0 radical (unpaired) electrons. The standard InChI is InChI=1S/C14H18N2O4/c1-19-12-6-4-3-5-11(12)7-9-15-14(18)16-10-8-13(17)20-2/h3-7,9H,8,10H2,1-2H3,(H2,15,16,18)/b9-7+. The van der Waals surface area contributed by atoms with E-state index in [1.54, 1.807) is 13.2 Å². The van der Waals surface area contributed by atoms with Gasteiger partial charge < -0.3 is 20.1 Å². The van der Waals surface area contributed by atoms with Crippen LogP contribution in [0.4, 0.5) is 4.79 Å². The van der Waals surface area contributed by atoms with Crippen LogP contribution in [0.2, 0.25) is 0 Å². The SMILES string of the molecule is COC(=O)CCNC(=O)N/C=C/c1ccccc1OC. The normalized spacial score (nSPS) is 10.1. The second-order valence-electron chi connectivity index (χ2n) is 3.80. The Bertz CT molecular complexity index is 486. The van der Waals surface area contributed by atoms with Crippen molar-refractivity contribution in [2.45, 2.75) is 6.42 Å². The summed E-state index contributed by atoms with van der Waals surface area (Å²) in [7, 11) is 2.89. The Balaban J connectivity index is 2.36. The topological polar surface area (TPSA) is 76.7 Å². The average Bonchev–Trinajstić information content (AvgIpc) is 2.47. The van der Waals surface area contributed by atoms with Crippen molar-refractivity contribution in [2.75, 3.05) is 20.8 Å². The Labute approximate surface area is 117 Å². The number of carbonyl (C=O) groups is 2. The lowest BCUT2D eigenvalue weighted by molar-refractivity contribution is -0.140. The van der Waals surface area contributed by atoms with Crippen LogP contribution in [0.15, 0.2) is 30.5 Å². The molecule has 6 heteroatoms. The highest BCUT2D eigenvalue weighted by molar-refractivity contribution is 5.77. The van der Waals surface area contributed by atoms with Gasteiger partial charge in [0, 0.05) is 18.3 Å². The number of methoxy groups -OCH3 is 2. The van der Waals surface area contributed by atoms with Crippen LogP contribution in [0, 0.1) is 0 Å². The molecule has 0 unspecified atom stereocenters. The minimum atomic E-state index is -0.389. The number of esters is 1. The first kappa shape index (κ1) is 15.6. The Morgan fingerprint density at radius 1 is 1.25 bits per heavy atom. The van der Waals surface area contributed by atoms with E-state index in [4.69, 9.17) is 4.74 Å². The average molecular weight is 278 g/mol. The zero-order valence-electron chi connectivity index (χ0n) is 11.5. The first-order chi connectivity index (χ1) is 9.67. The molecule has 20 heavy (non-hydrogen) atoms. The molecule has 0 spiro atoms. The first-order valence-corrected chi connectivity index (χ1v) is 6.08. The quantitative estimate of drug-likeness (QED) is 0.774. The third kappa shape index (κ3) is 5.43. The van der Waals surface area contributed by atoms with Gasteiger partial charge in [-0.3, -0.25) is 4.79 Å². The number of para-hydroxylation sites is 1. The van der Waals surface area contributed by atoms with Crippen LogP contribution in [0.25, 0.3) is 6.08 Å². The molecule has 0 heterocycles. The Morgan fingerprint density at radius 2 is 2.00 bits per heavy atom. The van der Waals surface area contributed by atoms with E-state index in [0.717, 1.165) is 11.3 Å². The third-order valence-electron chi connectivity index (χ3n) is 2.46. The van der Waals surface area contributed by atoms with Gasteiger partial charge in [0.05, 0.1) is 20.6 Å². The van der Waals surface area contributed by atoms with Gasteiger partial charge in [0.15, 0.2) is 0 Å². The van der Waals surface area contributed by atoms with E-state index in [0.29, 0.717) is 0 Å². The molecular formula is C14H18N2O4.